The molecule has 0 aliphatic heterocycles. The predicted octanol–water partition coefficient (Wildman–Crippen LogP) is 3.33. The SMILES string of the molecule is COc1ccc(-c2cn3c(CC(=O)NCc4ccncc4)csc3n2)cc1. The highest BCUT2D eigenvalue weighted by Gasteiger charge is 2.12. The molecular formula is C20H18N4O2S. The van der Waals surface area contributed by atoms with E-state index >= 15 is 0 Å². The molecule has 7 heteroatoms. The number of methoxy groups -OCH3 is 1. The summed E-state index contributed by atoms with van der Waals surface area (Å²) in [6, 6.07) is 11.6. The van der Waals surface area contributed by atoms with E-state index in [4.69, 9.17) is 4.74 Å². The number of carbonyl (C=O) groups excluding carboxylic acids is 1. The van der Waals surface area contributed by atoms with Crippen molar-refractivity contribution in [2.45, 2.75) is 13.0 Å². The number of nitrogens with one attached hydrogen (secondary N) is 1. The Morgan fingerprint density at radius 3 is 2.70 bits per heavy atom. The number of thiazole rings is 1. The number of hydrogen-bond donors (Lipinski definition) is 1. The number of imidazole rings is 1. The fourth-order valence-electron chi connectivity index (χ4n) is 2.79. The van der Waals surface area contributed by atoms with Crippen LogP contribution in [0.5, 0.6) is 5.75 Å². The molecule has 0 saturated heterocycles. The summed E-state index contributed by atoms with van der Waals surface area (Å²) in [5.74, 6) is 0.789. The fourth-order valence-corrected chi connectivity index (χ4v) is 3.66. The van der Waals surface area contributed by atoms with Crippen molar-refractivity contribution >= 4 is 22.2 Å². The topological polar surface area (TPSA) is 68.5 Å². The van der Waals surface area contributed by atoms with Gasteiger partial charge in [-0.1, -0.05) is 0 Å². The summed E-state index contributed by atoms with van der Waals surface area (Å²) in [5.41, 5.74) is 3.84. The highest BCUT2D eigenvalue weighted by Crippen LogP contribution is 2.25. The van der Waals surface area contributed by atoms with Crippen molar-refractivity contribution in [2.75, 3.05) is 7.11 Å². The van der Waals surface area contributed by atoms with E-state index < -0.39 is 0 Å². The second-order valence-electron chi connectivity index (χ2n) is 6.04. The lowest BCUT2D eigenvalue weighted by atomic mass is 10.2. The third kappa shape index (κ3) is 3.83. The minimum absolute atomic E-state index is 0.0220. The molecule has 136 valence electrons. The molecular weight excluding hydrogens is 360 g/mol. The van der Waals surface area contributed by atoms with Crippen LogP contribution >= 0.6 is 11.3 Å². The number of pyridine rings is 1. The van der Waals surface area contributed by atoms with Crippen molar-refractivity contribution in [2.24, 2.45) is 0 Å². The van der Waals surface area contributed by atoms with Gasteiger partial charge in [-0.05, 0) is 42.0 Å². The van der Waals surface area contributed by atoms with Crippen LogP contribution in [0.25, 0.3) is 16.2 Å². The third-order valence-corrected chi connectivity index (χ3v) is 5.14. The molecule has 4 aromatic rings. The Bertz CT molecular complexity index is 1050. The van der Waals surface area contributed by atoms with Crippen LogP contribution in [0.3, 0.4) is 0 Å². The Morgan fingerprint density at radius 2 is 1.96 bits per heavy atom. The van der Waals surface area contributed by atoms with Gasteiger partial charge in [-0.15, -0.1) is 11.3 Å². The number of benzene rings is 1. The maximum absolute atomic E-state index is 12.3. The summed E-state index contributed by atoms with van der Waals surface area (Å²) >= 11 is 1.53. The zero-order valence-corrected chi connectivity index (χ0v) is 15.6. The molecule has 0 aliphatic carbocycles. The van der Waals surface area contributed by atoms with Gasteiger partial charge in [0.2, 0.25) is 5.91 Å². The molecule has 0 fully saturated rings. The van der Waals surface area contributed by atoms with E-state index in [0.717, 1.165) is 33.2 Å². The van der Waals surface area contributed by atoms with Gasteiger partial charge in [-0.2, -0.15) is 0 Å². The van der Waals surface area contributed by atoms with Crippen molar-refractivity contribution in [1.82, 2.24) is 19.7 Å². The van der Waals surface area contributed by atoms with Crippen LogP contribution in [-0.4, -0.2) is 27.4 Å². The monoisotopic (exact) mass is 378 g/mol. The number of carbonyl (C=O) groups is 1. The molecule has 3 aromatic heterocycles. The summed E-state index contributed by atoms with van der Waals surface area (Å²) in [5, 5.41) is 4.92. The molecule has 0 bridgehead atoms. The molecule has 1 amide bonds. The van der Waals surface area contributed by atoms with Gasteiger partial charge in [0.05, 0.1) is 19.2 Å². The minimum Gasteiger partial charge on any atom is -0.497 e. The third-order valence-electron chi connectivity index (χ3n) is 4.25. The Balaban J connectivity index is 1.47. The average molecular weight is 378 g/mol. The van der Waals surface area contributed by atoms with Crippen molar-refractivity contribution in [1.29, 1.82) is 0 Å². The quantitative estimate of drug-likeness (QED) is 0.559. The Labute approximate surface area is 160 Å². The van der Waals surface area contributed by atoms with E-state index in [1.54, 1.807) is 19.5 Å². The van der Waals surface area contributed by atoms with Gasteiger partial charge < -0.3 is 10.1 Å². The number of ether oxygens (including phenoxy) is 1. The molecule has 1 aromatic carbocycles. The second-order valence-corrected chi connectivity index (χ2v) is 6.88. The molecule has 6 nitrogen and oxygen atoms in total. The van der Waals surface area contributed by atoms with E-state index in [1.807, 2.05) is 52.4 Å². The number of nitrogens with zero attached hydrogens (tertiary/aromatic N) is 3. The minimum atomic E-state index is -0.0220. The van der Waals surface area contributed by atoms with E-state index in [-0.39, 0.29) is 5.91 Å². The average Bonchev–Trinajstić information content (AvgIpc) is 3.29. The van der Waals surface area contributed by atoms with Gasteiger partial charge >= 0.3 is 0 Å². The molecule has 0 saturated carbocycles. The van der Waals surface area contributed by atoms with Crippen molar-refractivity contribution in [3.63, 3.8) is 0 Å². The molecule has 4 rings (SSSR count). The van der Waals surface area contributed by atoms with Crippen LogP contribution in [0.4, 0.5) is 0 Å². The first-order chi connectivity index (χ1) is 13.2. The van der Waals surface area contributed by atoms with Gasteiger partial charge in [0.1, 0.15) is 5.75 Å². The lowest BCUT2D eigenvalue weighted by molar-refractivity contribution is -0.120. The number of aromatic nitrogens is 3. The highest BCUT2D eigenvalue weighted by molar-refractivity contribution is 7.15. The van der Waals surface area contributed by atoms with Crippen LogP contribution in [0.15, 0.2) is 60.4 Å². The van der Waals surface area contributed by atoms with Crippen LogP contribution < -0.4 is 10.1 Å². The molecule has 0 unspecified atom stereocenters. The van der Waals surface area contributed by atoms with Crippen LogP contribution in [0.1, 0.15) is 11.3 Å². The Kier molecular flexibility index (Phi) is 4.84. The molecule has 0 aliphatic rings. The normalized spacial score (nSPS) is 10.9. The first-order valence-corrected chi connectivity index (χ1v) is 9.36. The van der Waals surface area contributed by atoms with Crippen LogP contribution in [0.2, 0.25) is 0 Å². The predicted molar refractivity (Wildman–Crippen MR) is 105 cm³/mol. The lowest BCUT2D eigenvalue weighted by Gasteiger charge is -2.04. The smallest absolute Gasteiger partial charge is 0.226 e. The summed E-state index contributed by atoms with van der Waals surface area (Å²) in [7, 11) is 1.65. The summed E-state index contributed by atoms with van der Waals surface area (Å²) in [6.07, 6.45) is 5.72. The number of fused-ring (bicyclic) bond motifs is 1. The Hall–Kier alpha value is -3.19. The first-order valence-electron chi connectivity index (χ1n) is 8.48. The van der Waals surface area contributed by atoms with Gasteiger partial charge in [0.15, 0.2) is 4.96 Å². The molecule has 0 atom stereocenters. The summed E-state index contributed by atoms with van der Waals surface area (Å²) in [6.45, 7) is 0.496. The molecule has 1 N–H and O–H groups in total. The summed E-state index contributed by atoms with van der Waals surface area (Å²) < 4.78 is 7.18. The number of hydrogen-bond acceptors (Lipinski definition) is 5. The van der Waals surface area contributed by atoms with Crippen molar-refractivity contribution < 1.29 is 9.53 Å². The number of rotatable bonds is 6. The van der Waals surface area contributed by atoms with Gasteiger partial charge in [-0.25, -0.2) is 4.98 Å². The van der Waals surface area contributed by atoms with E-state index in [2.05, 4.69) is 15.3 Å². The number of amides is 1. The zero-order valence-electron chi connectivity index (χ0n) is 14.8. The molecule has 0 spiro atoms. The lowest BCUT2D eigenvalue weighted by Crippen LogP contribution is -2.24. The van der Waals surface area contributed by atoms with Crippen molar-refractivity contribution in [3.8, 4) is 17.0 Å². The Morgan fingerprint density at radius 1 is 1.19 bits per heavy atom. The fraction of sp³-hybridized carbons (Fsp3) is 0.150. The maximum Gasteiger partial charge on any atom is 0.226 e. The van der Waals surface area contributed by atoms with Crippen LogP contribution in [0, 0.1) is 0 Å². The first kappa shape index (κ1) is 17.2. The molecule has 3 heterocycles. The molecule has 27 heavy (non-hydrogen) atoms. The van der Waals surface area contributed by atoms with E-state index in [0.29, 0.717) is 13.0 Å². The summed E-state index contributed by atoms with van der Waals surface area (Å²) in [4.78, 5) is 21.8. The standard InChI is InChI=1S/C20H18N4O2S/c1-26-17-4-2-15(3-5-17)18-12-24-16(13-27-20(24)23-18)10-19(25)22-11-14-6-8-21-9-7-14/h2-9,12-13H,10-11H2,1H3,(H,22,25). The van der Waals surface area contributed by atoms with Gasteiger partial charge in [0.25, 0.3) is 0 Å². The van der Waals surface area contributed by atoms with Crippen LogP contribution in [-0.2, 0) is 17.8 Å². The van der Waals surface area contributed by atoms with Gasteiger partial charge in [0, 0.05) is 41.8 Å². The highest BCUT2D eigenvalue weighted by atomic mass is 32.1. The van der Waals surface area contributed by atoms with Crippen molar-refractivity contribution in [3.05, 3.63) is 71.6 Å². The molecule has 0 radical (unpaired) electrons. The maximum atomic E-state index is 12.3. The van der Waals surface area contributed by atoms with Gasteiger partial charge in [-0.3, -0.25) is 14.2 Å². The van der Waals surface area contributed by atoms with E-state index in [9.17, 15) is 4.79 Å². The second kappa shape index (κ2) is 7.59. The largest absolute Gasteiger partial charge is 0.497 e. The zero-order chi connectivity index (χ0) is 18.6. The van der Waals surface area contributed by atoms with E-state index in [1.165, 1.54) is 11.3 Å².